The predicted octanol–water partition coefficient (Wildman–Crippen LogP) is 8.29. The Morgan fingerprint density at radius 3 is 1.20 bits per heavy atom. The molecule has 3 aromatic carbocycles. The van der Waals surface area contributed by atoms with E-state index in [2.05, 4.69) is 19.9 Å². The van der Waals surface area contributed by atoms with Crippen LogP contribution in [0.1, 0.15) is 5.56 Å². The van der Waals surface area contributed by atoms with Crippen molar-refractivity contribution in [1.82, 2.24) is 19.9 Å². The van der Waals surface area contributed by atoms with Gasteiger partial charge in [0.1, 0.15) is 34.5 Å². The summed E-state index contributed by atoms with van der Waals surface area (Å²) >= 11 is 2.76. The van der Waals surface area contributed by atoms with Crippen LogP contribution < -0.4 is 23.7 Å². The van der Waals surface area contributed by atoms with Gasteiger partial charge in [0.2, 0.25) is 23.5 Å². The smallest absolute Gasteiger partial charge is 0.227 e. The Morgan fingerprint density at radius 2 is 0.800 bits per heavy atom. The summed E-state index contributed by atoms with van der Waals surface area (Å²) in [4.78, 5) is 17.9. The van der Waals surface area contributed by atoms with Crippen LogP contribution in [-0.2, 0) is 0 Å². The van der Waals surface area contributed by atoms with Gasteiger partial charge >= 0.3 is 0 Å². The number of rotatable bonds is 2. The topological polar surface area (TPSA) is 97.7 Å². The number of ether oxygens (including phenoxy) is 5. The second-order valence-corrected chi connectivity index (χ2v) is 10.1. The van der Waals surface area contributed by atoms with Crippen LogP contribution in [0.2, 0.25) is 0 Å². The fraction of sp³-hybridized carbons (Fsp3) is 0.103. The zero-order chi connectivity index (χ0) is 27.5. The van der Waals surface area contributed by atoms with Crippen LogP contribution in [0.5, 0.6) is 58.0 Å². The number of hydrogen-bond donors (Lipinski definition) is 0. The molecule has 0 saturated heterocycles. The summed E-state index contributed by atoms with van der Waals surface area (Å²) in [5.74, 6) is 4.62. The van der Waals surface area contributed by atoms with Gasteiger partial charge in [0.05, 0.1) is 12.1 Å². The van der Waals surface area contributed by atoms with Crippen molar-refractivity contribution in [3.8, 4) is 58.0 Å². The molecule has 0 radical (unpaired) electrons. The van der Waals surface area contributed by atoms with Crippen molar-refractivity contribution < 1.29 is 23.7 Å². The van der Waals surface area contributed by atoms with Crippen LogP contribution in [0.15, 0.2) is 89.2 Å². The van der Waals surface area contributed by atoms with Gasteiger partial charge in [-0.1, -0.05) is 35.7 Å². The fourth-order valence-corrected chi connectivity index (χ4v) is 4.54. The lowest BCUT2D eigenvalue weighted by Crippen LogP contribution is -1.98. The van der Waals surface area contributed by atoms with E-state index in [9.17, 15) is 0 Å². The van der Waals surface area contributed by atoms with Gasteiger partial charge in [-0.05, 0) is 61.4 Å². The Balaban J connectivity index is 1.46. The lowest BCUT2D eigenvalue weighted by Gasteiger charge is -2.14. The summed E-state index contributed by atoms with van der Waals surface area (Å²) < 4.78 is 30.5. The highest BCUT2D eigenvalue weighted by atomic mass is 32.2. The van der Waals surface area contributed by atoms with Crippen molar-refractivity contribution in [1.29, 1.82) is 0 Å². The maximum absolute atomic E-state index is 6.14. The van der Waals surface area contributed by atoms with Crippen molar-refractivity contribution in [2.75, 3.05) is 12.5 Å². The summed E-state index contributed by atoms with van der Waals surface area (Å²) in [6.45, 7) is 1.95. The molecular weight excluding hydrogens is 548 g/mol. The Bertz CT molecular complexity index is 1580. The summed E-state index contributed by atoms with van der Waals surface area (Å²) in [6.07, 6.45) is 3.77. The van der Waals surface area contributed by atoms with Gasteiger partial charge in [-0.3, -0.25) is 0 Å². The van der Waals surface area contributed by atoms with E-state index in [0.29, 0.717) is 68.3 Å². The van der Waals surface area contributed by atoms with Crippen LogP contribution in [0.3, 0.4) is 0 Å². The van der Waals surface area contributed by atoms with Crippen molar-refractivity contribution in [2.45, 2.75) is 17.2 Å². The zero-order valence-corrected chi connectivity index (χ0v) is 23.3. The van der Waals surface area contributed by atoms with E-state index >= 15 is 0 Å². The minimum atomic E-state index is 0.326. The van der Waals surface area contributed by atoms with E-state index < -0.39 is 0 Å². The van der Waals surface area contributed by atoms with Crippen LogP contribution in [-0.4, -0.2) is 32.4 Å². The Morgan fingerprint density at radius 1 is 0.450 bits per heavy atom. The van der Waals surface area contributed by atoms with Crippen molar-refractivity contribution in [3.05, 3.63) is 84.4 Å². The largest absolute Gasteiger partial charge is 0.457 e. The minimum absolute atomic E-state index is 0.326. The second-order valence-electron chi connectivity index (χ2n) is 8.50. The molecule has 9 nitrogen and oxygen atoms in total. The first-order valence-electron chi connectivity index (χ1n) is 12.1. The number of thioether (sulfide) groups is 2. The number of fused-ring (bicyclic) bond motifs is 10. The van der Waals surface area contributed by atoms with Crippen LogP contribution in [0.25, 0.3) is 0 Å². The van der Waals surface area contributed by atoms with Crippen LogP contribution in [0, 0.1) is 6.92 Å². The van der Waals surface area contributed by atoms with Gasteiger partial charge in [-0.25, -0.2) is 0 Å². The summed E-state index contributed by atoms with van der Waals surface area (Å²) in [5, 5.41) is 1.00. The molecule has 40 heavy (non-hydrogen) atoms. The molecule has 5 aromatic rings. The normalized spacial score (nSPS) is 12.1. The maximum atomic E-state index is 6.14. The van der Waals surface area contributed by atoms with Gasteiger partial charge in [0.25, 0.3) is 0 Å². The molecule has 1 aliphatic heterocycles. The molecule has 0 amide bonds. The van der Waals surface area contributed by atoms with Crippen molar-refractivity contribution in [3.63, 3.8) is 0 Å². The molecule has 0 saturated carbocycles. The molecule has 0 atom stereocenters. The standard InChI is InChI=1S/C29H22N4O5S2/c1-17-10-22-14-23(11-17)38-27-16-25(31-29(33-27)40-3)36-21-9-5-7-19(13-21)34-18-6-4-8-20(12-18)35-24-15-26(37-22)32-28(30-24)39-2/h4-16H,1-3H3. The second kappa shape index (κ2) is 11.3. The number of aromatic nitrogens is 4. The van der Waals surface area contributed by atoms with E-state index in [1.807, 2.05) is 68.0 Å². The number of aryl methyl sites for hydroxylation is 1. The molecule has 11 heteroatoms. The Labute approximate surface area is 238 Å². The molecule has 2 aromatic heterocycles. The number of benzene rings is 3. The van der Waals surface area contributed by atoms with Gasteiger partial charge in [-0.15, -0.1) is 0 Å². The lowest BCUT2D eigenvalue weighted by atomic mass is 10.2. The minimum Gasteiger partial charge on any atom is -0.457 e. The third-order valence-electron chi connectivity index (χ3n) is 5.44. The first-order chi connectivity index (χ1) is 19.5. The Kier molecular flexibility index (Phi) is 7.30. The number of nitrogens with zero attached hydrogens (tertiary/aromatic N) is 4. The van der Waals surface area contributed by atoms with Crippen LogP contribution >= 0.6 is 23.5 Å². The fourth-order valence-electron chi connectivity index (χ4n) is 3.81. The van der Waals surface area contributed by atoms with E-state index in [0.717, 1.165) is 5.56 Å². The van der Waals surface area contributed by atoms with E-state index in [-0.39, 0.29) is 0 Å². The average Bonchev–Trinajstić information content (AvgIpc) is 2.92. The molecule has 0 unspecified atom stereocenters. The molecule has 0 fully saturated rings. The highest BCUT2D eigenvalue weighted by Crippen LogP contribution is 2.35. The molecule has 0 N–H and O–H groups in total. The summed E-state index contributed by atoms with van der Waals surface area (Å²) in [7, 11) is 0. The zero-order valence-electron chi connectivity index (χ0n) is 21.7. The van der Waals surface area contributed by atoms with E-state index in [1.54, 1.807) is 30.3 Å². The molecule has 3 heterocycles. The molecule has 200 valence electrons. The molecule has 0 aliphatic carbocycles. The highest BCUT2D eigenvalue weighted by Gasteiger charge is 2.14. The predicted molar refractivity (Wildman–Crippen MR) is 152 cm³/mol. The SMILES string of the molecule is CSc1nc2cc(n1)Oc1cc(C)cc(c1)Oc1cc(nc(SC)n1)Oc1cccc(c1)Oc1cccc(c1)O2. The van der Waals surface area contributed by atoms with Crippen molar-refractivity contribution >= 4 is 23.5 Å². The lowest BCUT2D eigenvalue weighted by molar-refractivity contribution is 0.409. The maximum Gasteiger partial charge on any atom is 0.227 e. The number of hydrogen-bond acceptors (Lipinski definition) is 11. The van der Waals surface area contributed by atoms with Crippen LogP contribution in [0.4, 0.5) is 0 Å². The third-order valence-corrected chi connectivity index (χ3v) is 6.54. The summed E-state index contributed by atoms with van der Waals surface area (Å²) in [6, 6.07) is 23.3. The van der Waals surface area contributed by atoms with Gasteiger partial charge in [0, 0.05) is 18.2 Å². The van der Waals surface area contributed by atoms with Gasteiger partial charge < -0.3 is 23.7 Å². The first kappa shape index (κ1) is 25.8. The monoisotopic (exact) mass is 570 g/mol. The van der Waals surface area contributed by atoms with Gasteiger partial charge in [-0.2, -0.15) is 19.9 Å². The first-order valence-corrected chi connectivity index (χ1v) is 14.5. The molecular formula is C29H22N4O5S2. The molecule has 6 rings (SSSR count). The molecule has 1 aliphatic rings. The van der Waals surface area contributed by atoms with Gasteiger partial charge in [0.15, 0.2) is 10.3 Å². The van der Waals surface area contributed by atoms with E-state index in [4.69, 9.17) is 23.7 Å². The van der Waals surface area contributed by atoms with Crippen molar-refractivity contribution in [2.24, 2.45) is 0 Å². The third kappa shape index (κ3) is 6.22. The van der Waals surface area contributed by atoms with E-state index in [1.165, 1.54) is 23.5 Å². The summed E-state index contributed by atoms with van der Waals surface area (Å²) in [5.41, 5.74) is 0.925. The quantitative estimate of drug-likeness (QED) is 0.148. The highest BCUT2D eigenvalue weighted by molar-refractivity contribution is 7.98. The average molecular weight is 571 g/mol. The molecule has 0 spiro atoms. The molecule has 10 bridgehead atoms. The Hall–Kier alpha value is -4.48.